The van der Waals surface area contributed by atoms with E-state index in [0.29, 0.717) is 16.1 Å². The second-order valence-corrected chi connectivity index (χ2v) is 10.8. The van der Waals surface area contributed by atoms with E-state index < -0.39 is 60.6 Å². The minimum atomic E-state index is -5.19. The fourth-order valence-corrected chi connectivity index (χ4v) is 4.98. The lowest BCUT2D eigenvalue weighted by Crippen LogP contribution is -2.57. The van der Waals surface area contributed by atoms with Crippen molar-refractivity contribution in [2.75, 3.05) is 6.54 Å². The number of amides is 3. The Labute approximate surface area is 251 Å². The van der Waals surface area contributed by atoms with Crippen LogP contribution in [0.5, 0.6) is 0 Å². The van der Waals surface area contributed by atoms with E-state index in [1.54, 1.807) is 86.6 Å². The number of rotatable bonds is 9. The first kappa shape index (κ1) is 31.5. The number of hydrogen-bond donors (Lipinski definition) is 1. The van der Waals surface area contributed by atoms with Gasteiger partial charge in [-0.25, -0.2) is 0 Å². The molecule has 11 heteroatoms. The zero-order valence-electron chi connectivity index (χ0n) is 23.3. The highest BCUT2D eigenvalue weighted by Gasteiger charge is 2.45. The monoisotopic (exact) mass is 611 g/mol. The number of alkyl halides is 3. The second-order valence-electron chi connectivity index (χ2n) is 10.4. The molecule has 0 unspecified atom stereocenters. The Balaban J connectivity index is 1.69. The number of carbonyl (C=O) groups excluding carboxylic acids is 4. The fraction of sp³-hybridized carbons (Fsp3) is 0.250. The highest BCUT2D eigenvalue weighted by atomic mass is 35.5. The molecular weight excluding hydrogens is 583 g/mol. The molecule has 0 aromatic heterocycles. The Bertz CT molecular complexity index is 1510. The third-order valence-corrected chi connectivity index (χ3v) is 7.17. The zero-order chi connectivity index (χ0) is 31.3. The van der Waals surface area contributed by atoms with Crippen molar-refractivity contribution in [3.05, 3.63) is 113 Å². The quantitative estimate of drug-likeness (QED) is 0.346. The van der Waals surface area contributed by atoms with Gasteiger partial charge in [0.15, 0.2) is 0 Å². The smallest absolute Gasteiger partial charge is 0.344 e. The van der Waals surface area contributed by atoms with Crippen molar-refractivity contribution >= 4 is 40.8 Å². The molecule has 0 bridgehead atoms. The normalized spacial score (nSPS) is 16.1. The van der Waals surface area contributed by atoms with Crippen molar-refractivity contribution in [2.24, 2.45) is 5.92 Å². The van der Waals surface area contributed by atoms with E-state index in [4.69, 9.17) is 11.6 Å². The molecule has 0 saturated carbocycles. The maximum Gasteiger partial charge on any atom is 0.452 e. The standard InChI is InChI=1S/C32H29ClF3N3O4/c1-20(2)28-31(43)38(19-27(40)37-25(29(41)32(34,35)36)17-21-9-5-3-6-10-21)26(22-11-7-4-8-12-22)18-39(28)30(42)23-13-15-24(33)16-14-23/h3-16,18,20,25,28H,17,19H2,1-2H3,(H,37,40)/t25-,28-/m0/s1. The third kappa shape index (κ3) is 7.50. The summed E-state index contributed by atoms with van der Waals surface area (Å²) in [5.74, 6) is -4.54. The molecule has 0 spiro atoms. The Morgan fingerprint density at radius 1 is 0.907 bits per heavy atom. The summed E-state index contributed by atoms with van der Waals surface area (Å²) in [4.78, 5) is 55.6. The summed E-state index contributed by atoms with van der Waals surface area (Å²) in [5.41, 5.74) is 1.39. The Hall–Kier alpha value is -4.44. The van der Waals surface area contributed by atoms with Crippen LogP contribution < -0.4 is 5.32 Å². The van der Waals surface area contributed by atoms with Crippen molar-refractivity contribution in [2.45, 2.75) is 38.5 Å². The number of carbonyl (C=O) groups is 4. The zero-order valence-corrected chi connectivity index (χ0v) is 24.1. The van der Waals surface area contributed by atoms with E-state index in [0.717, 1.165) is 4.90 Å². The summed E-state index contributed by atoms with van der Waals surface area (Å²) in [6.45, 7) is 2.80. The molecule has 0 fully saturated rings. The van der Waals surface area contributed by atoms with Crippen molar-refractivity contribution in [1.29, 1.82) is 0 Å². The van der Waals surface area contributed by atoms with Crippen LogP contribution in [0.2, 0.25) is 5.02 Å². The van der Waals surface area contributed by atoms with Gasteiger partial charge in [-0.05, 0) is 41.3 Å². The van der Waals surface area contributed by atoms with Crippen molar-refractivity contribution in [1.82, 2.24) is 15.1 Å². The summed E-state index contributed by atoms with van der Waals surface area (Å²) in [6.07, 6.45) is -4.11. The molecule has 7 nitrogen and oxygen atoms in total. The van der Waals surface area contributed by atoms with Gasteiger partial charge in [0.2, 0.25) is 5.91 Å². The molecule has 1 N–H and O–H groups in total. The Kier molecular flexibility index (Phi) is 9.70. The second kappa shape index (κ2) is 13.2. The van der Waals surface area contributed by atoms with Crippen LogP contribution in [-0.4, -0.2) is 58.1 Å². The molecule has 0 radical (unpaired) electrons. The number of ketones is 1. The van der Waals surface area contributed by atoms with Crippen LogP contribution in [-0.2, 0) is 20.8 Å². The Morgan fingerprint density at radius 3 is 2.05 bits per heavy atom. The minimum absolute atomic E-state index is 0.196. The van der Waals surface area contributed by atoms with Crippen molar-refractivity contribution in [3.63, 3.8) is 0 Å². The predicted octanol–water partition coefficient (Wildman–Crippen LogP) is 5.51. The molecule has 1 aliphatic heterocycles. The molecule has 4 rings (SSSR count). The van der Waals surface area contributed by atoms with Crippen LogP contribution in [0.1, 0.15) is 35.3 Å². The van der Waals surface area contributed by atoms with Gasteiger partial charge < -0.3 is 10.2 Å². The van der Waals surface area contributed by atoms with Gasteiger partial charge in [-0.1, -0.05) is 86.1 Å². The topological polar surface area (TPSA) is 86.8 Å². The van der Waals surface area contributed by atoms with Gasteiger partial charge in [-0.2, -0.15) is 13.2 Å². The summed E-state index contributed by atoms with van der Waals surface area (Å²) in [6, 6.07) is 19.7. The molecule has 3 aromatic rings. The molecular formula is C32H29ClF3N3O4. The molecule has 3 aromatic carbocycles. The average molecular weight is 612 g/mol. The lowest BCUT2D eigenvalue weighted by Gasteiger charge is -2.41. The molecule has 2 atom stereocenters. The van der Waals surface area contributed by atoms with E-state index in [1.165, 1.54) is 23.2 Å². The van der Waals surface area contributed by atoms with Gasteiger partial charge in [0.1, 0.15) is 18.6 Å². The van der Waals surface area contributed by atoms with Gasteiger partial charge in [-0.3, -0.25) is 24.1 Å². The third-order valence-electron chi connectivity index (χ3n) is 6.91. The van der Waals surface area contributed by atoms with Gasteiger partial charge in [0.25, 0.3) is 17.6 Å². The van der Waals surface area contributed by atoms with Crippen LogP contribution in [0.15, 0.2) is 91.1 Å². The minimum Gasteiger partial charge on any atom is -0.344 e. The number of hydrogen-bond acceptors (Lipinski definition) is 4. The van der Waals surface area contributed by atoms with Gasteiger partial charge in [-0.15, -0.1) is 0 Å². The van der Waals surface area contributed by atoms with Crippen molar-refractivity contribution < 1.29 is 32.3 Å². The lowest BCUT2D eigenvalue weighted by molar-refractivity contribution is -0.173. The van der Waals surface area contributed by atoms with Crippen LogP contribution in [0.4, 0.5) is 13.2 Å². The fourth-order valence-electron chi connectivity index (χ4n) is 4.85. The number of Topliss-reactive ketones (excluding diaryl/α,β-unsaturated/α-hetero) is 1. The summed E-state index contributed by atoms with van der Waals surface area (Å²) < 4.78 is 40.4. The molecule has 43 heavy (non-hydrogen) atoms. The number of nitrogens with zero attached hydrogens (tertiary/aromatic N) is 2. The molecule has 0 aliphatic carbocycles. The maximum atomic E-state index is 14.0. The first-order valence-corrected chi connectivity index (χ1v) is 13.9. The molecule has 1 aliphatic rings. The van der Waals surface area contributed by atoms with Crippen LogP contribution in [0.3, 0.4) is 0 Å². The Morgan fingerprint density at radius 2 is 1.49 bits per heavy atom. The average Bonchev–Trinajstić information content (AvgIpc) is 2.97. The lowest BCUT2D eigenvalue weighted by atomic mass is 9.96. The first-order valence-electron chi connectivity index (χ1n) is 13.5. The van der Waals surface area contributed by atoms with Gasteiger partial charge in [0.05, 0.1) is 5.70 Å². The van der Waals surface area contributed by atoms with Crippen LogP contribution in [0, 0.1) is 5.92 Å². The summed E-state index contributed by atoms with van der Waals surface area (Å²) >= 11 is 5.98. The number of benzene rings is 3. The molecule has 224 valence electrons. The van der Waals surface area contributed by atoms with E-state index in [-0.39, 0.29) is 11.3 Å². The summed E-state index contributed by atoms with van der Waals surface area (Å²) in [7, 11) is 0. The van der Waals surface area contributed by atoms with Crippen LogP contribution >= 0.6 is 11.6 Å². The highest BCUT2D eigenvalue weighted by molar-refractivity contribution is 6.30. The van der Waals surface area contributed by atoms with E-state index in [2.05, 4.69) is 5.32 Å². The maximum absolute atomic E-state index is 14.0. The SMILES string of the molecule is CC(C)[C@H]1C(=O)N(CC(=O)N[C@@H](Cc2ccccc2)C(=O)C(F)(F)F)C(c2ccccc2)=CN1C(=O)c1ccc(Cl)cc1. The van der Waals surface area contributed by atoms with Crippen LogP contribution in [0.25, 0.3) is 5.70 Å². The number of nitrogens with one attached hydrogen (secondary N) is 1. The molecule has 3 amide bonds. The van der Waals surface area contributed by atoms with E-state index in [9.17, 15) is 32.3 Å². The van der Waals surface area contributed by atoms with E-state index in [1.807, 2.05) is 0 Å². The first-order chi connectivity index (χ1) is 20.4. The summed E-state index contributed by atoms with van der Waals surface area (Å²) in [5, 5.41) is 2.63. The predicted molar refractivity (Wildman–Crippen MR) is 156 cm³/mol. The van der Waals surface area contributed by atoms with Gasteiger partial charge in [0, 0.05) is 23.2 Å². The van der Waals surface area contributed by atoms with Crippen molar-refractivity contribution in [3.8, 4) is 0 Å². The largest absolute Gasteiger partial charge is 0.452 e. The number of halogens is 4. The molecule has 1 heterocycles. The highest BCUT2D eigenvalue weighted by Crippen LogP contribution is 2.31. The van der Waals surface area contributed by atoms with Gasteiger partial charge >= 0.3 is 6.18 Å². The molecule has 0 saturated heterocycles. The van der Waals surface area contributed by atoms with E-state index >= 15 is 0 Å².